The van der Waals surface area contributed by atoms with Gasteiger partial charge in [0.2, 0.25) is 0 Å². The first-order valence-corrected chi connectivity index (χ1v) is 6.32. The van der Waals surface area contributed by atoms with Crippen molar-refractivity contribution >= 4 is 5.97 Å². The van der Waals surface area contributed by atoms with Gasteiger partial charge in [0.25, 0.3) is 0 Å². The van der Waals surface area contributed by atoms with E-state index in [0.29, 0.717) is 6.42 Å². The van der Waals surface area contributed by atoms with Crippen molar-refractivity contribution in [2.24, 2.45) is 5.73 Å². The van der Waals surface area contributed by atoms with Crippen LogP contribution >= 0.6 is 0 Å². The molecular weight excluding hydrogens is 254 g/mol. The minimum absolute atomic E-state index is 0.128. The molecule has 4 heteroatoms. The second-order valence-electron chi connectivity index (χ2n) is 4.59. The molecule has 0 aromatic heterocycles. The first-order valence-electron chi connectivity index (χ1n) is 6.32. The molecule has 0 bridgehead atoms. The largest absolute Gasteiger partial charge is 0.497 e. The Morgan fingerprint density at radius 2 is 1.75 bits per heavy atom. The summed E-state index contributed by atoms with van der Waals surface area (Å²) in [6.07, 6.45) is 0.659. The molecule has 0 aliphatic rings. The molecule has 1 unspecified atom stereocenters. The third-order valence-corrected chi connectivity index (χ3v) is 3.20. The highest BCUT2D eigenvalue weighted by Crippen LogP contribution is 2.19. The van der Waals surface area contributed by atoms with E-state index in [0.717, 1.165) is 16.9 Å². The highest BCUT2D eigenvalue weighted by Gasteiger charge is 2.08. The minimum Gasteiger partial charge on any atom is -0.497 e. The fourth-order valence-corrected chi connectivity index (χ4v) is 2.01. The first kappa shape index (κ1) is 14.1. The van der Waals surface area contributed by atoms with Gasteiger partial charge in [0, 0.05) is 6.04 Å². The Bertz CT molecular complexity index is 576. The molecule has 0 saturated carbocycles. The summed E-state index contributed by atoms with van der Waals surface area (Å²) in [5, 5.41) is 8.85. The van der Waals surface area contributed by atoms with Crippen LogP contribution in [0.15, 0.2) is 48.5 Å². The summed E-state index contributed by atoms with van der Waals surface area (Å²) in [6, 6.07) is 14.3. The molecule has 0 spiro atoms. The summed E-state index contributed by atoms with van der Waals surface area (Å²) in [6.45, 7) is 0. The summed E-state index contributed by atoms with van der Waals surface area (Å²) in [7, 11) is 1.62. The number of nitrogens with two attached hydrogens (primary N) is 1. The van der Waals surface area contributed by atoms with E-state index in [2.05, 4.69) is 0 Å². The lowest BCUT2D eigenvalue weighted by Gasteiger charge is -2.13. The predicted molar refractivity (Wildman–Crippen MR) is 77.0 cm³/mol. The van der Waals surface area contributed by atoms with Gasteiger partial charge in [-0.05, 0) is 41.8 Å². The summed E-state index contributed by atoms with van der Waals surface area (Å²) in [5.74, 6) is -0.122. The second kappa shape index (κ2) is 6.21. The maximum atomic E-state index is 10.8. The molecule has 0 aliphatic heterocycles. The van der Waals surface area contributed by atoms with Crippen molar-refractivity contribution in [3.05, 3.63) is 65.2 Å². The summed E-state index contributed by atoms with van der Waals surface area (Å²) in [5.41, 5.74) is 8.48. The van der Waals surface area contributed by atoms with Crippen molar-refractivity contribution < 1.29 is 14.6 Å². The fraction of sp³-hybridized carbons (Fsp3) is 0.188. The minimum atomic E-state index is -0.920. The number of carboxylic acids is 1. The van der Waals surface area contributed by atoms with E-state index in [1.807, 2.05) is 24.3 Å². The highest BCUT2D eigenvalue weighted by atomic mass is 16.5. The Balaban J connectivity index is 2.06. The molecule has 0 heterocycles. The zero-order valence-corrected chi connectivity index (χ0v) is 11.2. The van der Waals surface area contributed by atoms with Crippen LogP contribution in [0.2, 0.25) is 0 Å². The normalized spacial score (nSPS) is 11.9. The number of benzene rings is 2. The standard InChI is InChI=1S/C16H17NO3/c1-20-14-8-6-12(7-9-14)15(17)10-11-2-4-13(5-3-11)16(18)19/h2-9,15H,10,17H2,1H3,(H,18,19). The molecular formula is C16H17NO3. The lowest BCUT2D eigenvalue weighted by atomic mass is 9.99. The molecule has 0 fully saturated rings. The van der Waals surface area contributed by atoms with Crippen molar-refractivity contribution in [2.75, 3.05) is 7.11 Å². The molecule has 104 valence electrons. The van der Waals surface area contributed by atoms with Crippen LogP contribution in [0.25, 0.3) is 0 Å². The van der Waals surface area contributed by atoms with Gasteiger partial charge in [-0.25, -0.2) is 4.79 Å². The van der Waals surface area contributed by atoms with E-state index in [9.17, 15) is 4.79 Å². The third-order valence-electron chi connectivity index (χ3n) is 3.20. The van der Waals surface area contributed by atoms with Crippen molar-refractivity contribution in [3.63, 3.8) is 0 Å². The van der Waals surface area contributed by atoms with Gasteiger partial charge in [-0.1, -0.05) is 24.3 Å². The van der Waals surface area contributed by atoms with Gasteiger partial charge in [0.05, 0.1) is 12.7 Å². The molecule has 2 aromatic rings. The van der Waals surface area contributed by atoms with Crippen LogP contribution in [-0.4, -0.2) is 18.2 Å². The van der Waals surface area contributed by atoms with Crippen LogP contribution in [0, 0.1) is 0 Å². The maximum Gasteiger partial charge on any atom is 0.335 e. The topological polar surface area (TPSA) is 72.5 Å². The third kappa shape index (κ3) is 3.36. The molecule has 0 radical (unpaired) electrons. The maximum absolute atomic E-state index is 10.8. The number of rotatable bonds is 5. The number of methoxy groups -OCH3 is 1. The average molecular weight is 271 g/mol. The van der Waals surface area contributed by atoms with Crippen LogP contribution < -0.4 is 10.5 Å². The van der Waals surface area contributed by atoms with Gasteiger partial charge >= 0.3 is 5.97 Å². The van der Waals surface area contributed by atoms with Gasteiger partial charge in [0.1, 0.15) is 5.75 Å². The lowest BCUT2D eigenvalue weighted by molar-refractivity contribution is 0.0697. The summed E-state index contributed by atoms with van der Waals surface area (Å²) < 4.78 is 5.11. The number of hydrogen-bond acceptors (Lipinski definition) is 3. The monoisotopic (exact) mass is 271 g/mol. The number of carboxylic acid groups (broad SMARTS) is 1. The van der Waals surface area contributed by atoms with Crippen LogP contribution in [-0.2, 0) is 6.42 Å². The quantitative estimate of drug-likeness (QED) is 0.876. The van der Waals surface area contributed by atoms with Crippen molar-refractivity contribution in [1.82, 2.24) is 0 Å². The zero-order valence-electron chi connectivity index (χ0n) is 11.2. The van der Waals surface area contributed by atoms with Crippen LogP contribution in [0.3, 0.4) is 0 Å². The molecule has 1 atom stereocenters. The molecule has 3 N–H and O–H groups in total. The van der Waals surface area contributed by atoms with Crippen molar-refractivity contribution in [3.8, 4) is 5.75 Å². The molecule has 20 heavy (non-hydrogen) atoms. The van der Waals surface area contributed by atoms with Crippen molar-refractivity contribution in [1.29, 1.82) is 0 Å². The van der Waals surface area contributed by atoms with Gasteiger partial charge in [-0.2, -0.15) is 0 Å². The number of carbonyl (C=O) groups is 1. The molecule has 0 aliphatic carbocycles. The van der Waals surface area contributed by atoms with Gasteiger partial charge in [0.15, 0.2) is 0 Å². The van der Waals surface area contributed by atoms with E-state index in [1.54, 1.807) is 31.4 Å². The Morgan fingerprint density at radius 3 is 2.25 bits per heavy atom. The van der Waals surface area contributed by atoms with Crippen molar-refractivity contribution in [2.45, 2.75) is 12.5 Å². The Morgan fingerprint density at radius 1 is 1.15 bits per heavy atom. The molecule has 0 saturated heterocycles. The molecule has 2 rings (SSSR count). The van der Waals surface area contributed by atoms with Crippen LogP contribution in [0.4, 0.5) is 0 Å². The molecule has 0 amide bonds. The van der Waals surface area contributed by atoms with E-state index in [4.69, 9.17) is 15.6 Å². The van der Waals surface area contributed by atoms with E-state index in [-0.39, 0.29) is 11.6 Å². The predicted octanol–water partition coefficient (Wildman–Crippen LogP) is 2.64. The highest BCUT2D eigenvalue weighted by molar-refractivity contribution is 5.87. The number of ether oxygens (including phenoxy) is 1. The number of hydrogen-bond donors (Lipinski definition) is 2. The Labute approximate surface area is 117 Å². The summed E-state index contributed by atoms with van der Waals surface area (Å²) in [4.78, 5) is 10.8. The van der Waals surface area contributed by atoms with E-state index >= 15 is 0 Å². The summed E-state index contributed by atoms with van der Waals surface area (Å²) >= 11 is 0. The lowest BCUT2D eigenvalue weighted by Crippen LogP contribution is -2.13. The SMILES string of the molecule is COc1ccc(C(N)Cc2ccc(C(=O)O)cc2)cc1. The Kier molecular flexibility index (Phi) is 4.38. The molecule has 4 nitrogen and oxygen atoms in total. The average Bonchev–Trinajstić information content (AvgIpc) is 2.48. The van der Waals surface area contributed by atoms with E-state index in [1.165, 1.54) is 0 Å². The Hall–Kier alpha value is -2.33. The molecule has 2 aromatic carbocycles. The zero-order chi connectivity index (χ0) is 14.5. The van der Waals surface area contributed by atoms with Crippen LogP contribution in [0.1, 0.15) is 27.5 Å². The fourth-order valence-electron chi connectivity index (χ4n) is 2.01. The van der Waals surface area contributed by atoms with Crippen LogP contribution in [0.5, 0.6) is 5.75 Å². The smallest absolute Gasteiger partial charge is 0.335 e. The number of aromatic carboxylic acids is 1. The second-order valence-corrected chi connectivity index (χ2v) is 4.59. The first-order chi connectivity index (χ1) is 9.60. The van der Waals surface area contributed by atoms with Gasteiger partial charge < -0.3 is 15.6 Å². The van der Waals surface area contributed by atoms with Gasteiger partial charge in [-0.3, -0.25) is 0 Å². The van der Waals surface area contributed by atoms with E-state index < -0.39 is 5.97 Å². The van der Waals surface area contributed by atoms with Gasteiger partial charge in [-0.15, -0.1) is 0 Å².